The minimum atomic E-state index is -3.68. The van der Waals surface area contributed by atoms with Gasteiger partial charge in [0.15, 0.2) is 0 Å². The van der Waals surface area contributed by atoms with Crippen LogP contribution in [0.1, 0.15) is 38.4 Å². The molecule has 0 amide bonds. The molecule has 8 nitrogen and oxygen atoms in total. The normalized spacial score (nSPS) is 20.5. The van der Waals surface area contributed by atoms with Crippen molar-refractivity contribution >= 4 is 26.9 Å². The smallest absolute Gasteiger partial charge is 0.312 e. The van der Waals surface area contributed by atoms with Crippen LogP contribution in [0.5, 0.6) is 5.75 Å². The van der Waals surface area contributed by atoms with Crippen molar-refractivity contribution < 1.29 is 23.1 Å². The molecule has 1 aliphatic heterocycles. The Morgan fingerprint density at radius 1 is 1.19 bits per heavy atom. The van der Waals surface area contributed by atoms with Crippen LogP contribution in [0.3, 0.4) is 0 Å². The van der Waals surface area contributed by atoms with Gasteiger partial charge in [0.05, 0.1) is 34.7 Å². The number of ether oxygens (including phenoxy) is 1. The van der Waals surface area contributed by atoms with Gasteiger partial charge in [0.1, 0.15) is 5.75 Å². The minimum absolute atomic E-state index is 0.00348. The molecule has 32 heavy (non-hydrogen) atoms. The molecule has 3 aromatic rings. The van der Waals surface area contributed by atoms with Crippen LogP contribution in [0.4, 0.5) is 0 Å². The zero-order valence-electron chi connectivity index (χ0n) is 18.3. The van der Waals surface area contributed by atoms with Crippen LogP contribution in [0.25, 0.3) is 10.9 Å². The third-order valence-electron chi connectivity index (χ3n) is 6.05. The number of carbonyl (C=O) groups is 1. The molecule has 0 spiro atoms. The summed E-state index contributed by atoms with van der Waals surface area (Å²) in [6.07, 6.45) is 0. The lowest BCUT2D eigenvalue weighted by Crippen LogP contribution is -2.29. The summed E-state index contributed by atoms with van der Waals surface area (Å²) < 4.78 is 35.2. The van der Waals surface area contributed by atoms with Gasteiger partial charge >= 0.3 is 5.97 Å². The maximum Gasteiger partial charge on any atom is 0.312 e. The Bertz CT molecular complexity index is 1240. The molecule has 1 unspecified atom stereocenters. The Morgan fingerprint density at radius 2 is 1.88 bits per heavy atom. The zero-order chi connectivity index (χ0) is 23.0. The number of para-hydroxylation sites is 1. The van der Waals surface area contributed by atoms with E-state index in [0.29, 0.717) is 24.6 Å². The summed E-state index contributed by atoms with van der Waals surface area (Å²) in [4.78, 5) is 11.8. The van der Waals surface area contributed by atoms with Gasteiger partial charge in [0, 0.05) is 18.5 Å². The molecule has 0 bridgehead atoms. The largest absolute Gasteiger partial charge is 0.494 e. The Morgan fingerprint density at radius 3 is 2.53 bits per heavy atom. The number of fused-ring (bicyclic) bond motifs is 1. The molecule has 1 aromatic heterocycles. The van der Waals surface area contributed by atoms with Gasteiger partial charge in [-0.05, 0) is 50.1 Å². The van der Waals surface area contributed by atoms with Crippen molar-refractivity contribution in [3.8, 4) is 5.75 Å². The molecule has 0 saturated carbocycles. The monoisotopic (exact) mass is 457 g/mol. The Hall–Kier alpha value is -2.91. The predicted octanol–water partition coefficient (Wildman–Crippen LogP) is 3.50. The first-order valence-corrected chi connectivity index (χ1v) is 12.1. The minimum Gasteiger partial charge on any atom is -0.494 e. The number of aromatic nitrogens is 2. The highest BCUT2D eigenvalue weighted by Crippen LogP contribution is 2.36. The van der Waals surface area contributed by atoms with E-state index in [4.69, 9.17) is 4.74 Å². The van der Waals surface area contributed by atoms with E-state index in [9.17, 15) is 18.3 Å². The van der Waals surface area contributed by atoms with E-state index in [1.807, 2.05) is 42.8 Å². The first-order valence-electron chi connectivity index (χ1n) is 10.7. The summed E-state index contributed by atoms with van der Waals surface area (Å²) >= 11 is 0. The zero-order valence-corrected chi connectivity index (χ0v) is 19.1. The molecule has 2 aromatic carbocycles. The van der Waals surface area contributed by atoms with Crippen molar-refractivity contribution in [3.63, 3.8) is 0 Å². The number of hydrogen-bond acceptors (Lipinski definition) is 5. The summed E-state index contributed by atoms with van der Waals surface area (Å²) in [5, 5.41) is 14.9. The molecule has 1 fully saturated rings. The van der Waals surface area contributed by atoms with Crippen molar-refractivity contribution in [2.45, 2.75) is 37.6 Å². The van der Waals surface area contributed by atoms with Crippen molar-refractivity contribution in [1.82, 2.24) is 14.1 Å². The van der Waals surface area contributed by atoms with Gasteiger partial charge in [-0.15, -0.1) is 0 Å². The first kappa shape index (κ1) is 22.3. The summed E-state index contributed by atoms with van der Waals surface area (Å²) in [6, 6.07) is 13.7. The molecule has 170 valence electrons. The van der Waals surface area contributed by atoms with E-state index in [0.717, 1.165) is 10.9 Å². The predicted molar refractivity (Wildman–Crippen MR) is 120 cm³/mol. The van der Waals surface area contributed by atoms with Gasteiger partial charge in [0.2, 0.25) is 10.0 Å². The second kappa shape index (κ2) is 8.55. The summed E-state index contributed by atoms with van der Waals surface area (Å²) in [7, 11) is -3.68. The van der Waals surface area contributed by atoms with E-state index >= 15 is 0 Å². The molecule has 9 heteroatoms. The molecule has 4 rings (SSSR count). The van der Waals surface area contributed by atoms with Crippen LogP contribution in [-0.4, -0.2) is 53.3 Å². The van der Waals surface area contributed by atoms with Crippen LogP contribution in [-0.2, 0) is 14.8 Å². The Labute approximate surface area is 187 Å². The lowest BCUT2D eigenvalue weighted by Gasteiger charge is -2.18. The number of hydrogen-bond donors (Lipinski definition) is 1. The van der Waals surface area contributed by atoms with Crippen molar-refractivity contribution in [1.29, 1.82) is 0 Å². The third kappa shape index (κ3) is 3.86. The van der Waals surface area contributed by atoms with Crippen LogP contribution >= 0.6 is 0 Å². The van der Waals surface area contributed by atoms with Gasteiger partial charge in [0.25, 0.3) is 0 Å². The summed E-state index contributed by atoms with van der Waals surface area (Å²) in [5.41, 5.74) is 1.31. The lowest BCUT2D eigenvalue weighted by atomic mass is 10.0. The molecule has 1 N–H and O–H groups in total. The highest BCUT2D eigenvalue weighted by molar-refractivity contribution is 7.89. The highest BCUT2D eigenvalue weighted by Gasteiger charge is 2.39. The topological polar surface area (TPSA) is 102 Å². The van der Waals surface area contributed by atoms with Crippen LogP contribution in [0.15, 0.2) is 53.4 Å². The number of rotatable bonds is 7. The second-order valence-corrected chi connectivity index (χ2v) is 10.1. The third-order valence-corrected chi connectivity index (χ3v) is 7.89. The van der Waals surface area contributed by atoms with Gasteiger partial charge in [-0.1, -0.05) is 25.1 Å². The summed E-state index contributed by atoms with van der Waals surface area (Å²) in [6.45, 7) is 6.62. The Balaban J connectivity index is 1.66. The SMILES string of the molecule is CCOc1ccc(S(=O)(=O)N2C[C@@H](C)[C@@H](n3nc(C(C)C(=O)O)c4ccccc43)C2)cc1. The molecular weight excluding hydrogens is 430 g/mol. The molecule has 0 aliphatic carbocycles. The standard InChI is InChI=1S/C23H27N3O5S/c1-4-31-17-9-11-18(12-10-17)32(29,30)25-13-15(2)21(14-25)26-20-8-6-5-7-19(20)22(24-26)16(3)23(27)28/h5-12,15-16,21H,4,13-14H2,1-3H3,(H,27,28)/t15-,16?,21+/m1/s1. The van der Waals surface area contributed by atoms with Crippen LogP contribution in [0, 0.1) is 5.92 Å². The molecule has 0 radical (unpaired) electrons. The average molecular weight is 458 g/mol. The number of carboxylic acids is 1. The fourth-order valence-corrected chi connectivity index (χ4v) is 5.81. The van der Waals surface area contributed by atoms with Gasteiger partial charge in [-0.2, -0.15) is 9.40 Å². The number of carboxylic acid groups (broad SMARTS) is 1. The van der Waals surface area contributed by atoms with Crippen molar-refractivity contribution in [2.24, 2.45) is 5.92 Å². The molecule has 3 atom stereocenters. The van der Waals surface area contributed by atoms with Crippen molar-refractivity contribution in [3.05, 3.63) is 54.2 Å². The highest BCUT2D eigenvalue weighted by atomic mass is 32.2. The van der Waals surface area contributed by atoms with Crippen LogP contribution < -0.4 is 4.74 Å². The van der Waals surface area contributed by atoms with Crippen molar-refractivity contribution in [2.75, 3.05) is 19.7 Å². The number of aliphatic carboxylic acids is 1. The van der Waals surface area contributed by atoms with E-state index in [2.05, 4.69) is 5.10 Å². The molecule has 1 saturated heterocycles. The number of nitrogens with zero attached hydrogens (tertiary/aromatic N) is 3. The molecule has 2 heterocycles. The van der Waals surface area contributed by atoms with E-state index < -0.39 is 21.9 Å². The molecule has 1 aliphatic rings. The Kier molecular flexibility index (Phi) is 5.96. The van der Waals surface area contributed by atoms with Gasteiger partial charge in [-0.25, -0.2) is 8.42 Å². The quantitative estimate of drug-likeness (QED) is 0.583. The van der Waals surface area contributed by atoms with E-state index in [-0.39, 0.29) is 23.4 Å². The summed E-state index contributed by atoms with van der Waals surface area (Å²) in [5.74, 6) is -1.08. The maximum absolute atomic E-state index is 13.3. The van der Waals surface area contributed by atoms with Gasteiger partial charge < -0.3 is 9.84 Å². The molecular formula is C23H27N3O5S. The van der Waals surface area contributed by atoms with Crippen LogP contribution in [0.2, 0.25) is 0 Å². The lowest BCUT2D eigenvalue weighted by molar-refractivity contribution is -0.138. The number of sulfonamides is 1. The van der Waals surface area contributed by atoms with E-state index in [1.165, 1.54) is 4.31 Å². The first-order chi connectivity index (χ1) is 15.2. The maximum atomic E-state index is 13.3. The van der Waals surface area contributed by atoms with E-state index in [1.54, 1.807) is 31.2 Å². The average Bonchev–Trinajstić information content (AvgIpc) is 3.35. The number of benzene rings is 2. The van der Waals surface area contributed by atoms with Gasteiger partial charge in [-0.3, -0.25) is 9.48 Å². The second-order valence-electron chi connectivity index (χ2n) is 8.18. The fraction of sp³-hybridized carbons (Fsp3) is 0.391. The fourth-order valence-electron chi connectivity index (χ4n) is 4.25.